The maximum absolute atomic E-state index is 9.10. The van der Waals surface area contributed by atoms with Gasteiger partial charge in [0.25, 0.3) is 0 Å². The molecule has 0 aliphatic rings. The topological polar surface area (TPSA) is 40.5 Å². The molecule has 0 heterocycles. The predicted octanol–water partition coefficient (Wildman–Crippen LogP) is 2.64. The molecular formula is C12H17BrO2. The molecule has 0 saturated heterocycles. The molecule has 0 aliphatic carbocycles. The van der Waals surface area contributed by atoms with Gasteiger partial charge in [-0.2, -0.15) is 0 Å². The number of hydrogen-bond acceptors (Lipinski definition) is 2. The lowest BCUT2D eigenvalue weighted by Crippen LogP contribution is -2.03. The van der Waals surface area contributed by atoms with Gasteiger partial charge in [0.05, 0.1) is 0 Å². The van der Waals surface area contributed by atoms with Crippen LogP contribution in [0.15, 0.2) is 22.7 Å². The normalized spacial score (nSPS) is 15.0. The minimum Gasteiger partial charge on any atom is -0.396 e. The van der Waals surface area contributed by atoms with Gasteiger partial charge in [-0.05, 0) is 23.3 Å². The largest absolute Gasteiger partial charge is 0.396 e. The van der Waals surface area contributed by atoms with Gasteiger partial charge in [0, 0.05) is 29.5 Å². The van der Waals surface area contributed by atoms with Gasteiger partial charge in [-0.15, -0.1) is 0 Å². The van der Waals surface area contributed by atoms with E-state index in [1.807, 2.05) is 32.0 Å². The Balaban J connectivity index is 3.04. The van der Waals surface area contributed by atoms with Crippen molar-refractivity contribution in [2.75, 3.05) is 13.2 Å². The van der Waals surface area contributed by atoms with Crippen LogP contribution in [-0.4, -0.2) is 23.4 Å². The summed E-state index contributed by atoms with van der Waals surface area (Å²) in [7, 11) is 0. The van der Waals surface area contributed by atoms with Crippen LogP contribution in [0.25, 0.3) is 0 Å². The van der Waals surface area contributed by atoms with Crippen LogP contribution in [0.4, 0.5) is 0 Å². The molecular weight excluding hydrogens is 256 g/mol. The van der Waals surface area contributed by atoms with Crippen LogP contribution < -0.4 is 0 Å². The Labute approximate surface area is 99.1 Å². The van der Waals surface area contributed by atoms with Crippen molar-refractivity contribution in [3.63, 3.8) is 0 Å². The minimum atomic E-state index is 0.132. The van der Waals surface area contributed by atoms with E-state index in [1.54, 1.807) is 0 Å². The molecule has 2 nitrogen and oxygen atoms in total. The fourth-order valence-electron chi connectivity index (χ4n) is 1.42. The molecule has 0 aliphatic heterocycles. The smallest absolute Gasteiger partial charge is 0.0497 e. The van der Waals surface area contributed by atoms with Crippen molar-refractivity contribution >= 4 is 15.9 Å². The second kappa shape index (κ2) is 5.64. The molecule has 84 valence electrons. The maximum Gasteiger partial charge on any atom is 0.0497 e. The van der Waals surface area contributed by atoms with Crippen molar-refractivity contribution in [2.45, 2.75) is 25.7 Å². The van der Waals surface area contributed by atoms with Crippen LogP contribution in [0.1, 0.15) is 36.8 Å². The Morgan fingerprint density at radius 1 is 1.00 bits per heavy atom. The minimum absolute atomic E-state index is 0.132. The lowest BCUT2D eigenvalue weighted by Gasteiger charge is -2.14. The van der Waals surface area contributed by atoms with E-state index in [4.69, 9.17) is 10.2 Å². The van der Waals surface area contributed by atoms with E-state index in [1.165, 1.54) is 0 Å². The molecule has 0 amide bonds. The van der Waals surface area contributed by atoms with Crippen LogP contribution >= 0.6 is 15.9 Å². The average molecular weight is 273 g/mol. The van der Waals surface area contributed by atoms with E-state index in [0.717, 1.165) is 15.6 Å². The molecule has 15 heavy (non-hydrogen) atoms. The van der Waals surface area contributed by atoms with Gasteiger partial charge in [0.1, 0.15) is 0 Å². The number of rotatable bonds is 4. The highest BCUT2D eigenvalue weighted by molar-refractivity contribution is 9.10. The third-order valence-electron chi connectivity index (χ3n) is 2.63. The van der Waals surface area contributed by atoms with Gasteiger partial charge in [-0.1, -0.05) is 35.8 Å². The molecule has 1 rings (SSSR count). The molecule has 0 aromatic heterocycles. The SMILES string of the molecule is CC(CO)c1cc(Br)cc(C(C)CO)c1. The van der Waals surface area contributed by atoms with Crippen molar-refractivity contribution in [3.8, 4) is 0 Å². The zero-order valence-corrected chi connectivity index (χ0v) is 10.7. The molecule has 2 unspecified atom stereocenters. The van der Waals surface area contributed by atoms with Gasteiger partial charge < -0.3 is 10.2 Å². The third-order valence-corrected chi connectivity index (χ3v) is 3.09. The highest BCUT2D eigenvalue weighted by atomic mass is 79.9. The van der Waals surface area contributed by atoms with Gasteiger partial charge >= 0.3 is 0 Å². The molecule has 1 aromatic carbocycles. The fourth-order valence-corrected chi connectivity index (χ4v) is 1.94. The summed E-state index contributed by atoms with van der Waals surface area (Å²) in [6, 6.07) is 6.06. The second-order valence-electron chi connectivity index (χ2n) is 3.99. The first-order valence-electron chi connectivity index (χ1n) is 5.10. The zero-order valence-electron chi connectivity index (χ0n) is 9.07. The first-order valence-corrected chi connectivity index (χ1v) is 5.90. The Kier molecular flexibility index (Phi) is 4.77. The Morgan fingerprint density at radius 2 is 1.40 bits per heavy atom. The lowest BCUT2D eigenvalue weighted by molar-refractivity contribution is 0.270. The number of aliphatic hydroxyl groups excluding tert-OH is 2. The van der Waals surface area contributed by atoms with Crippen LogP contribution in [0.3, 0.4) is 0 Å². The molecule has 1 aromatic rings. The number of halogens is 1. The van der Waals surface area contributed by atoms with Gasteiger partial charge in [-0.3, -0.25) is 0 Å². The molecule has 2 atom stereocenters. The van der Waals surface area contributed by atoms with Crippen molar-refractivity contribution in [1.82, 2.24) is 0 Å². The molecule has 0 saturated carbocycles. The van der Waals surface area contributed by atoms with E-state index in [2.05, 4.69) is 15.9 Å². The Hall–Kier alpha value is -0.380. The number of hydrogen-bond donors (Lipinski definition) is 2. The van der Waals surface area contributed by atoms with Gasteiger partial charge in [-0.25, -0.2) is 0 Å². The van der Waals surface area contributed by atoms with Crippen LogP contribution in [0.2, 0.25) is 0 Å². The summed E-state index contributed by atoms with van der Waals surface area (Å²) < 4.78 is 0.996. The highest BCUT2D eigenvalue weighted by Gasteiger charge is 2.10. The van der Waals surface area contributed by atoms with E-state index < -0.39 is 0 Å². The van der Waals surface area contributed by atoms with Crippen LogP contribution in [0, 0.1) is 0 Å². The van der Waals surface area contributed by atoms with Crippen molar-refractivity contribution < 1.29 is 10.2 Å². The Morgan fingerprint density at radius 3 is 1.73 bits per heavy atom. The van der Waals surface area contributed by atoms with Crippen molar-refractivity contribution in [3.05, 3.63) is 33.8 Å². The first-order chi connectivity index (χ1) is 7.08. The molecule has 3 heteroatoms. The third kappa shape index (κ3) is 3.30. The molecule has 0 radical (unpaired) electrons. The highest BCUT2D eigenvalue weighted by Crippen LogP contribution is 2.26. The number of benzene rings is 1. The van der Waals surface area contributed by atoms with Crippen LogP contribution in [0.5, 0.6) is 0 Å². The molecule has 0 spiro atoms. The zero-order chi connectivity index (χ0) is 11.4. The maximum atomic E-state index is 9.10. The molecule has 0 fully saturated rings. The second-order valence-corrected chi connectivity index (χ2v) is 4.90. The molecule has 0 bridgehead atoms. The average Bonchev–Trinajstić information content (AvgIpc) is 2.26. The summed E-state index contributed by atoms with van der Waals surface area (Å²) in [4.78, 5) is 0. The summed E-state index contributed by atoms with van der Waals surface area (Å²) in [5, 5.41) is 18.2. The van der Waals surface area contributed by atoms with Gasteiger partial charge in [0.15, 0.2) is 0 Å². The van der Waals surface area contributed by atoms with Crippen LogP contribution in [-0.2, 0) is 0 Å². The van der Waals surface area contributed by atoms with E-state index in [-0.39, 0.29) is 25.0 Å². The van der Waals surface area contributed by atoms with E-state index in [9.17, 15) is 0 Å². The van der Waals surface area contributed by atoms with E-state index >= 15 is 0 Å². The summed E-state index contributed by atoms with van der Waals surface area (Å²) >= 11 is 3.44. The standard InChI is InChI=1S/C12H17BrO2/c1-8(6-14)10-3-11(9(2)7-15)5-12(13)4-10/h3-5,8-9,14-15H,6-7H2,1-2H3. The van der Waals surface area contributed by atoms with Gasteiger partial charge in [0.2, 0.25) is 0 Å². The monoisotopic (exact) mass is 272 g/mol. The quantitative estimate of drug-likeness (QED) is 0.885. The summed E-state index contributed by atoms with van der Waals surface area (Å²) in [6.45, 7) is 4.25. The van der Waals surface area contributed by atoms with Crippen molar-refractivity contribution in [2.24, 2.45) is 0 Å². The first kappa shape index (κ1) is 12.7. The number of aliphatic hydroxyl groups is 2. The summed E-state index contributed by atoms with van der Waals surface area (Å²) in [5.41, 5.74) is 2.20. The molecule has 2 N–H and O–H groups in total. The van der Waals surface area contributed by atoms with Crippen molar-refractivity contribution in [1.29, 1.82) is 0 Å². The predicted molar refractivity (Wildman–Crippen MR) is 65.1 cm³/mol. The summed E-state index contributed by atoms with van der Waals surface area (Å²) in [6.07, 6.45) is 0. The lowest BCUT2D eigenvalue weighted by atomic mass is 9.95. The Bertz CT molecular complexity index is 297. The van der Waals surface area contributed by atoms with E-state index in [0.29, 0.717) is 0 Å². The summed E-state index contributed by atoms with van der Waals surface area (Å²) in [5.74, 6) is 0.263. The fraction of sp³-hybridized carbons (Fsp3) is 0.500.